The molecular weight excluding hydrogens is 192 g/mol. The molecule has 2 heterocycles. The van der Waals surface area contributed by atoms with Crippen LogP contribution >= 0.6 is 0 Å². The molecule has 1 aliphatic rings. The third-order valence-electron chi connectivity index (χ3n) is 2.48. The number of aromatic nitrogens is 1. The molecule has 2 rings (SSSR count). The quantitative estimate of drug-likeness (QED) is 0.690. The summed E-state index contributed by atoms with van der Waals surface area (Å²) in [5.74, 6) is -0.484. The number of piperazine rings is 1. The van der Waals surface area contributed by atoms with Gasteiger partial charge in [0, 0.05) is 26.2 Å². The molecule has 5 nitrogen and oxygen atoms in total. The van der Waals surface area contributed by atoms with Crippen LogP contribution in [0.15, 0.2) is 18.3 Å². The minimum absolute atomic E-state index is 0.314. The molecule has 15 heavy (non-hydrogen) atoms. The largest absolute Gasteiger partial charge is 0.368 e. The highest BCUT2D eigenvalue weighted by molar-refractivity contribution is 5.90. The van der Waals surface area contributed by atoms with Crippen LogP contribution in [0.3, 0.4) is 0 Å². The highest BCUT2D eigenvalue weighted by Gasteiger charge is 2.11. The second-order valence-electron chi connectivity index (χ2n) is 3.50. The number of nitrogens with one attached hydrogen (secondary N) is 1. The van der Waals surface area contributed by atoms with Crippen LogP contribution in [0.25, 0.3) is 0 Å². The number of pyridine rings is 1. The van der Waals surface area contributed by atoms with Gasteiger partial charge in [0.1, 0.15) is 5.69 Å². The predicted molar refractivity (Wildman–Crippen MR) is 57.8 cm³/mol. The Balaban J connectivity index is 2.11. The van der Waals surface area contributed by atoms with E-state index in [1.165, 1.54) is 0 Å². The van der Waals surface area contributed by atoms with E-state index in [0.29, 0.717) is 5.69 Å². The van der Waals surface area contributed by atoms with Gasteiger partial charge in [-0.2, -0.15) is 0 Å². The Morgan fingerprint density at radius 2 is 2.13 bits per heavy atom. The van der Waals surface area contributed by atoms with Crippen molar-refractivity contribution in [1.29, 1.82) is 0 Å². The molecule has 1 saturated heterocycles. The van der Waals surface area contributed by atoms with Gasteiger partial charge in [0.05, 0.1) is 11.9 Å². The van der Waals surface area contributed by atoms with E-state index in [1.54, 1.807) is 12.3 Å². The Morgan fingerprint density at radius 3 is 2.67 bits per heavy atom. The van der Waals surface area contributed by atoms with E-state index >= 15 is 0 Å². The topological polar surface area (TPSA) is 71.2 Å². The number of nitrogens with zero attached hydrogens (tertiary/aromatic N) is 2. The third-order valence-corrected chi connectivity index (χ3v) is 2.48. The van der Waals surface area contributed by atoms with Crippen LogP contribution in [0.4, 0.5) is 5.69 Å². The number of carbonyl (C=O) groups excluding carboxylic acids is 1. The zero-order valence-electron chi connectivity index (χ0n) is 8.44. The van der Waals surface area contributed by atoms with Gasteiger partial charge in [-0.15, -0.1) is 0 Å². The molecule has 0 aromatic carbocycles. The van der Waals surface area contributed by atoms with E-state index < -0.39 is 5.91 Å². The first-order chi connectivity index (χ1) is 7.27. The second-order valence-corrected chi connectivity index (χ2v) is 3.50. The van der Waals surface area contributed by atoms with Gasteiger partial charge in [-0.25, -0.2) is 4.98 Å². The fraction of sp³-hybridized carbons (Fsp3) is 0.400. The summed E-state index contributed by atoms with van der Waals surface area (Å²) in [6.45, 7) is 3.91. The maximum absolute atomic E-state index is 10.8. The molecule has 0 atom stereocenters. The number of primary amides is 1. The molecular formula is C10H14N4O. The van der Waals surface area contributed by atoms with Crippen molar-refractivity contribution in [1.82, 2.24) is 10.3 Å². The van der Waals surface area contributed by atoms with Gasteiger partial charge < -0.3 is 16.0 Å². The first-order valence-electron chi connectivity index (χ1n) is 4.99. The van der Waals surface area contributed by atoms with Crippen LogP contribution in [-0.4, -0.2) is 37.1 Å². The van der Waals surface area contributed by atoms with E-state index in [0.717, 1.165) is 31.9 Å². The summed E-state index contributed by atoms with van der Waals surface area (Å²) in [6.07, 6.45) is 1.70. The summed E-state index contributed by atoms with van der Waals surface area (Å²) in [7, 11) is 0. The summed E-state index contributed by atoms with van der Waals surface area (Å²) in [5, 5.41) is 3.28. The average Bonchev–Trinajstić information content (AvgIpc) is 2.30. The van der Waals surface area contributed by atoms with E-state index in [4.69, 9.17) is 5.73 Å². The lowest BCUT2D eigenvalue weighted by Gasteiger charge is -2.29. The number of carbonyl (C=O) groups is 1. The summed E-state index contributed by atoms with van der Waals surface area (Å²) in [6, 6.07) is 3.55. The molecule has 1 amide bonds. The van der Waals surface area contributed by atoms with Crippen molar-refractivity contribution in [2.75, 3.05) is 31.1 Å². The summed E-state index contributed by atoms with van der Waals surface area (Å²) in [4.78, 5) is 17.1. The van der Waals surface area contributed by atoms with Crippen molar-refractivity contribution in [3.05, 3.63) is 24.0 Å². The zero-order valence-corrected chi connectivity index (χ0v) is 8.44. The van der Waals surface area contributed by atoms with Gasteiger partial charge in [-0.1, -0.05) is 0 Å². The molecule has 1 fully saturated rings. The number of amides is 1. The van der Waals surface area contributed by atoms with Crippen LogP contribution in [0, 0.1) is 0 Å². The number of hydrogen-bond acceptors (Lipinski definition) is 4. The average molecular weight is 206 g/mol. The van der Waals surface area contributed by atoms with Gasteiger partial charge in [0.25, 0.3) is 5.91 Å². The molecule has 0 spiro atoms. The van der Waals surface area contributed by atoms with Crippen molar-refractivity contribution in [2.24, 2.45) is 5.73 Å². The standard InChI is InChI=1S/C10H14N4O/c11-10(15)9-2-1-8(7-13-9)14-5-3-12-4-6-14/h1-2,7,12H,3-6H2,(H2,11,15). The minimum Gasteiger partial charge on any atom is -0.368 e. The Bertz CT molecular complexity index is 343. The first kappa shape index (κ1) is 9.92. The van der Waals surface area contributed by atoms with Crippen LogP contribution in [0.2, 0.25) is 0 Å². The molecule has 0 radical (unpaired) electrons. The lowest BCUT2D eigenvalue weighted by atomic mass is 10.2. The first-order valence-corrected chi connectivity index (χ1v) is 4.99. The normalized spacial score (nSPS) is 16.4. The predicted octanol–water partition coefficient (Wildman–Crippen LogP) is -0.410. The molecule has 0 saturated carbocycles. The van der Waals surface area contributed by atoms with Crippen molar-refractivity contribution >= 4 is 11.6 Å². The fourth-order valence-corrected chi connectivity index (χ4v) is 1.64. The summed E-state index contributed by atoms with van der Waals surface area (Å²) < 4.78 is 0. The maximum atomic E-state index is 10.8. The molecule has 1 aromatic heterocycles. The van der Waals surface area contributed by atoms with Gasteiger partial charge >= 0.3 is 0 Å². The minimum atomic E-state index is -0.484. The highest BCUT2D eigenvalue weighted by atomic mass is 16.1. The number of hydrogen-bond donors (Lipinski definition) is 2. The SMILES string of the molecule is NC(=O)c1ccc(N2CCNCC2)cn1. The van der Waals surface area contributed by atoms with Crippen molar-refractivity contribution < 1.29 is 4.79 Å². The lowest BCUT2D eigenvalue weighted by Crippen LogP contribution is -2.43. The van der Waals surface area contributed by atoms with E-state index in [2.05, 4.69) is 15.2 Å². The van der Waals surface area contributed by atoms with Gasteiger partial charge in [-0.3, -0.25) is 4.79 Å². The molecule has 1 aromatic rings. The van der Waals surface area contributed by atoms with Gasteiger partial charge in [0.15, 0.2) is 0 Å². The fourth-order valence-electron chi connectivity index (χ4n) is 1.64. The van der Waals surface area contributed by atoms with Crippen LogP contribution in [-0.2, 0) is 0 Å². The molecule has 0 unspecified atom stereocenters. The smallest absolute Gasteiger partial charge is 0.267 e. The Labute approximate surface area is 88.3 Å². The van der Waals surface area contributed by atoms with Crippen molar-refractivity contribution in [3.63, 3.8) is 0 Å². The van der Waals surface area contributed by atoms with Gasteiger partial charge in [-0.05, 0) is 12.1 Å². The molecule has 80 valence electrons. The second kappa shape index (κ2) is 4.27. The summed E-state index contributed by atoms with van der Waals surface area (Å²) in [5.41, 5.74) is 6.47. The monoisotopic (exact) mass is 206 g/mol. The van der Waals surface area contributed by atoms with Crippen LogP contribution in [0.1, 0.15) is 10.5 Å². The van der Waals surface area contributed by atoms with Crippen molar-refractivity contribution in [2.45, 2.75) is 0 Å². The van der Waals surface area contributed by atoms with E-state index in [9.17, 15) is 4.79 Å². The zero-order chi connectivity index (χ0) is 10.7. The lowest BCUT2D eigenvalue weighted by molar-refractivity contribution is 0.0995. The molecule has 0 bridgehead atoms. The van der Waals surface area contributed by atoms with E-state index in [1.807, 2.05) is 6.07 Å². The molecule has 1 aliphatic heterocycles. The van der Waals surface area contributed by atoms with Crippen LogP contribution in [0.5, 0.6) is 0 Å². The third kappa shape index (κ3) is 2.24. The number of rotatable bonds is 2. The molecule has 0 aliphatic carbocycles. The van der Waals surface area contributed by atoms with Gasteiger partial charge in [0.2, 0.25) is 0 Å². The number of anilines is 1. The molecule has 3 N–H and O–H groups in total. The maximum Gasteiger partial charge on any atom is 0.267 e. The molecule has 5 heteroatoms. The van der Waals surface area contributed by atoms with Crippen molar-refractivity contribution in [3.8, 4) is 0 Å². The number of nitrogens with two attached hydrogens (primary N) is 1. The Hall–Kier alpha value is -1.62. The van der Waals surface area contributed by atoms with E-state index in [-0.39, 0.29) is 0 Å². The highest BCUT2D eigenvalue weighted by Crippen LogP contribution is 2.13. The Morgan fingerprint density at radius 1 is 1.40 bits per heavy atom. The Kier molecular flexibility index (Phi) is 2.82. The summed E-state index contributed by atoms with van der Waals surface area (Å²) >= 11 is 0. The van der Waals surface area contributed by atoms with Crippen LogP contribution < -0.4 is 16.0 Å².